The number of fused-ring (bicyclic) bond motifs is 1. The molecule has 2 aromatic rings. The summed E-state index contributed by atoms with van der Waals surface area (Å²) in [5, 5.41) is 2.44. The van der Waals surface area contributed by atoms with E-state index in [1.807, 2.05) is 12.1 Å². The van der Waals surface area contributed by atoms with Crippen molar-refractivity contribution < 1.29 is 4.74 Å². The maximum Gasteiger partial charge on any atom is 0.134 e. The van der Waals surface area contributed by atoms with Crippen LogP contribution in [0.25, 0.3) is 10.8 Å². The highest BCUT2D eigenvalue weighted by molar-refractivity contribution is 9.10. The summed E-state index contributed by atoms with van der Waals surface area (Å²) in [6.07, 6.45) is 2.37. The summed E-state index contributed by atoms with van der Waals surface area (Å²) in [5.41, 5.74) is 0. The van der Waals surface area contributed by atoms with Gasteiger partial charge < -0.3 is 4.74 Å². The van der Waals surface area contributed by atoms with E-state index in [0.717, 1.165) is 23.1 Å². The average molecular weight is 293 g/mol. The van der Waals surface area contributed by atoms with Crippen LogP contribution in [-0.4, -0.2) is 6.10 Å². The molecule has 0 heterocycles. The molecule has 0 aliphatic heterocycles. The monoisotopic (exact) mass is 292 g/mol. The normalized spacial score (nSPS) is 11.1. The van der Waals surface area contributed by atoms with E-state index in [2.05, 4.69) is 54.0 Å². The van der Waals surface area contributed by atoms with Crippen LogP contribution in [-0.2, 0) is 0 Å². The Kier molecular flexibility index (Phi) is 4.06. The molecule has 1 nitrogen and oxygen atoms in total. The first-order valence-electron chi connectivity index (χ1n) is 6.10. The molecule has 2 aromatic carbocycles. The molecule has 2 heteroatoms. The largest absolute Gasteiger partial charge is 0.489 e. The number of hydrogen-bond acceptors (Lipinski definition) is 1. The number of hydrogen-bond donors (Lipinski definition) is 0. The Balaban J connectivity index is 2.38. The van der Waals surface area contributed by atoms with E-state index >= 15 is 0 Å². The zero-order valence-electron chi connectivity index (χ0n) is 10.2. The first-order valence-corrected chi connectivity index (χ1v) is 6.89. The van der Waals surface area contributed by atoms with Crippen LogP contribution in [0.3, 0.4) is 0 Å². The Labute approximate surface area is 111 Å². The minimum atomic E-state index is 0.299. The molecular formula is C15H17BrO. The van der Waals surface area contributed by atoms with E-state index < -0.39 is 0 Å². The second-order valence-corrected chi connectivity index (χ2v) is 4.95. The highest BCUT2D eigenvalue weighted by atomic mass is 79.9. The van der Waals surface area contributed by atoms with Gasteiger partial charge in [-0.25, -0.2) is 0 Å². The fourth-order valence-corrected chi connectivity index (χ4v) is 2.53. The van der Waals surface area contributed by atoms with E-state index in [4.69, 9.17) is 4.74 Å². The van der Waals surface area contributed by atoms with Gasteiger partial charge in [0.1, 0.15) is 5.75 Å². The first kappa shape index (κ1) is 12.4. The topological polar surface area (TPSA) is 9.23 Å². The second kappa shape index (κ2) is 5.54. The van der Waals surface area contributed by atoms with Gasteiger partial charge in [-0.3, -0.25) is 0 Å². The van der Waals surface area contributed by atoms with Crippen molar-refractivity contribution in [3.05, 3.63) is 40.9 Å². The highest BCUT2D eigenvalue weighted by Crippen LogP contribution is 2.34. The molecule has 0 saturated carbocycles. The lowest BCUT2D eigenvalue weighted by Gasteiger charge is -2.17. The summed E-state index contributed by atoms with van der Waals surface area (Å²) < 4.78 is 7.06. The molecule has 2 rings (SSSR count). The Morgan fingerprint density at radius 2 is 1.76 bits per heavy atom. The van der Waals surface area contributed by atoms with Gasteiger partial charge >= 0.3 is 0 Å². The predicted molar refractivity (Wildman–Crippen MR) is 76.6 cm³/mol. The third-order valence-electron chi connectivity index (χ3n) is 3.03. The van der Waals surface area contributed by atoms with Crippen molar-refractivity contribution in [2.24, 2.45) is 0 Å². The van der Waals surface area contributed by atoms with Crippen molar-refractivity contribution in [1.82, 2.24) is 0 Å². The third kappa shape index (κ3) is 2.63. The Bertz CT molecular complexity index is 503. The molecule has 0 atom stereocenters. The maximum absolute atomic E-state index is 6.00. The summed E-state index contributed by atoms with van der Waals surface area (Å²) in [5.74, 6) is 0.942. The minimum Gasteiger partial charge on any atom is -0.489 e. The van der Waals surface area contributed by atoms with Crippen LogP contribution < -0.4 is 4.74 Å². The number of rotatable bonds is 4. The highest BCUT2D eigenvalue weighted by Gasteiger charge is 2.10. The third-order valence-corrected chi connectivity index (χ3v) is 3.85. The Morgan fingerprint density at radius 3 is 2.47 bits per heavy atom. The first-order chi connectivity index (χ1) is 8.26. The Morgan fingerprint density at radius 1 is 1.06 bits per heavy atom. The number of halogens is 1. The van der Waals surface area contributed by atoms with Crippen LogP contribution in [0.5, 0.6) is 5.75 Å². The maximum atomic E-state index is 6.00. The van der Waals surface area contributed by atoms with Gasteiger partial charge in [-0.05, 0) is 45.6 Å². The van der Waals surface area contributed by atoms with Gasteiger partial charge in [0, 0.05) is 0 Å². The molecule has 0 N–H and O–H groups in total. The van der Waals surface area contributed by atoms with Crippen molar-refractivity contribution in [2.45, 2.75) is 32.8 Å². The van der Waals surface area contributed by atoms with Crippen molar-refractivity contribution in [1.29, 1.82) is 0 Å². The van der Waals surface area contributed by atoms with E-state index in [0.29, 0.717) is 6.10 Å². The lowest BCUT2D eigenvalue weighted by molar-refractivity contribution is 0.192. The standard InChI is InChI=1S/C15H17BrO/c1-3-12(4-2)17-14-10-9-11-7-5-6-8-13(11)15(14)16/h5-10,12H,3-4H2,1-2H3. The summed E-state index contributed by atoms with van der Waals surface area (Å²) >= 11 is 3.64. The van der Waals surface area contributed by atoms with Gasteiger partial charge in [0.25, 0.3) is 0 Å². The van der Waals surface area contributed by atoms with Crippen LogP contribution >= 0.6 is 15.9 Å². The van der Waals surface area contributed by atoms with Crippen LogP contribution in [0, 0.1) is 0 Å². The summed E-state index contributed by atoms with van der Waals surface area (Å²) in [6.45, 7) is 4.31. The van der Waals surface area contributed by atoms with Crippen LogP contribution in [0.4, 0.5) is 0 Å². The van der Waals surface area contributed by atoms with Crippen LogP contribution in [0.1, 0.15) is 26.7 Å². The van der Waals surface area contributed by atoms with Gasteiger partial charge in [0.15, 0.2) is 0 Å². The summed E-state index contributed by atoms with van der Waals surface area (Å²) in [7, 11) is 0. The number of ether oxygens (including phenoxy) is 1. The molecule has 0 bridgehead atoms. The van der Waals surface area contributed by atoms with Gasteiger partial charge in [-0.2, -0.15) is 0 Å². The molecule has 0 amide bonds. The molecule has 0 aliphatic rings. The lowest BCUT2D eigenvalue weighted by Crippen LogP contribution is -2.13. The SMILES string of the molecule is CCC(CC)Oc1ccc2ccccc2c1Br. The number of benzene rings is 2. The van der Waals surface area contributed by atoms with Crippen molar-refractivity contribution in [3.63, 3.8) is 0 Å². The minimum absolute atomic E-state index is 0.299. The van der Waals surface area contributed by atoms with Crippen molar-refractivity contribution in [3.8, 4) is 5.75 Å². The van der Waals surface area contributed by atoms with E-state index in [9.17, 15) is 0 Å². The second-order valence-electron chi connectivity index (χ2n) is 4.16. The van der Waals surface area contributed by atoms with E-state index in [-0.39, 0.29) is 0 Å². The van der Waals surface area contributed by atoms with Crippen LogP contribution in [0.2, 0.25) is 0 Å². The van der Waals surface area contributed by atoms with Crippen molar-refractivity contribution in [2.75, 3.05) is 0 Å². The fraction of sp³-hybridized carbons (Fsp3) is 0.333. The average Bonchev–Trinajstić information content (AvgIpc) is 2.38. The van der Waals surface area contributed by atoms with Gasteiger partial charge in [0.2, 0.25) is 0 Å². The molecule has 0 aromatic heterocycles. The van der Waals surface area contributed by atoms with E-state index in [1.165, 1.54) is 10.8 Å². The van der Waals surface area contributed by atoms with Crippen LogP contribution in [0.15, 0.2) is 40.9 Å². The molecule has 0 spiro atoms. The quantitative estimate of drug-likeness (QED) is 0.755. The van der Waals surface area contributed by atoms with E-state index in [1.54, 1.807) is 0 Å². The van der Waals surface area contributed by atoms with Gasteiger partial charge in [0.05, 0.1) is 10.6 Å². The Hall–Kier alpha value is -1.02. The molecular weight excluding hydrogens is 276 g/mol. The summed E-state index contributed by atoms with van der Waals surface area (Å²) in [6, 6.07) is 12.5. The molecule has 0 radical (unpaired) electrons. The molecule has 90 valence electrons. The zero-order chi connectivity index (χ0) is 12.3. The molecule has 0 saturated heterocycles. The molecule has 0 unspecified atom stereocenters. The predicted octanol–water partition coefficient (Wildman–Crippen LogP) is 5.17. The van der Waals surface area contributed by atoms with Gasteiger partial charge in [-0.15, -0.1) is 0 Å². The molecule has 17 heavy (non-hydrogen) atoms. The smallest absolute Gasteiger partial charge is 0.134 e. The molecule has 0 fully saturated rings. The van der Waals surface area contributed by atoms with Crippen molar-refractivity contribution >= 4 is 26.7 Å². The van der Waals surface area contributed by atoms with Gasteiger partial charge in [-0.1, -0.05) is 44.2 Å². The summed E-state index contributed by atoms with van der Waals surface area (Å²) in [4.78, 5) is 0. The fourth-order valence-electron chi connectivity index (χ4n) is 1.94. The molecule has 0 aliphatic carbocycles. The lowest BCUT2D eigenvalue weighted by atomic mass is 10.1. The zero-order valence-corrected chi connectivity index (χ0v) is 11.8.